The highest BCUT2D eigenvalue weighted by Crippen LogP contribution is 2.61. The number of amides is 1. The Morgan fingerprint density at radius 3 is 2.46 bits per heavy atom. The molecule has 6 rings (SSSR count). The van der Waals surface area contributed by atoms with Gasteiger partial charge >= 0.3 is 0 Å². The molecule has 0 aliphatic heterocycles. The molecule has 4 saturated carbocycles. The molecule has 35 heavy (non-hydrogen) atoms. The second kappa shape index (κ2) is 8.97. The van der Waals surface area contributed by atoms with Crippen molar-refractivity contribution in [3.8, 4) is 0 Å². The van der Waals surface area contributed by atoms with Crippen LogP contribution in [0.2, 0.25) is 0 Å². The SMILES string of the molecule is C[C@@H](NC(=O)c1cn(C23CC(C2)C3)c(=O)cc1NC1CC(N(C)C)C1)c1cccc(C(F)P)c1F. The van der Waals surface area contributed by atoms with Crippen molar-refractivity contribution in [3.05, 3.63) is 63.3 Å². The highest BCUT2D eigenvalue weighted by Gasteiger charge is 2.58. The molecule has 1 amide bonds. The maximum absolute atomic E-state index is 14.9. The first-order chi connectivity index (χ1) is 16.6. The van der Waals surface area contributed by atoms with Gasteiger partial charge in [-0.15, -0.1) is 0 Å². The summed E-state index contributed by atoms with van der Waals surface area (Å²) in [7, 11) is 6.04. The van der Waals surface area contributed by atoms with Crippen molar-refractivity contribution in [3.63, 3.8) is 0 Å². The zero-order valence-corrected chi connectivity index (χ0v) is 21.5. The van der Waals surface area contributed by atoms with Gasteiger partial charge in [-0.05, 0) is 59.0 Å². The molecule has 1 heterocycles. The lowest BCUT2D eigenvalue weighted by Crippen LogP contribution is -2.62. The van der Waals surface area contributed by atoms with E-state index in [0.29, 0.717) is 23.2 Å². The molecule has 6 nitrogen and oxygen atoms in total. The van der Waals surface area contributed by atoms with Crippen molar-refractivity contribution >= 4 is 20.8 Å². The zero-order valence-electron chi connectivity index (χ0n) is 20.4. The Labute approximate surface area is 206 Å². The normalized spacial score (nSPS) is 28.4. The van der Waals surface area contributed by atoms with Gasteiger partial charge in [0.05, 0.1) is 17.3 Å². The molecule has 0 radical (unpaired) electrons. The van der Waals surface area contributed by atoms with Gasteiger partial charge in [0.2, 0.25) is 0 Å². The number of carbonyl (C=O) groups excluding carboxylic acids is 1. The molecule has 188 valence electrons. The fourth-order valence-corrected chi connectivity index (χ4v) is 6.00. The third-order valence-electron chi connectivity index (χ3n) is 8.19. The first-order valence-corrected chi connectivity index (χ1v) is 12.9. The molecule has 2 N–H and O–H groups in total. The average Bonchev–Trinajstić information content (AvgIpc) is 2.69. The van der Waals surface area contributed by atoms with E-state index in [1.165, 1.54) is 12.1 Å². The Morgan fingerprint density at radius 2 is 1.89 bits per heavy atom. The van der Waals surface area contributed by atoms with Gasteiger partial charge < -0.3 is 20.1 Å². The smallest absolute Gasteiger partial charge is 0.255 e. The number of carbonyl (C=O) groups is 1. The number of halogens is 2. The Morgan fingerprint density at radius 1 is 1.23 bits per heavy atom. The van der Waals surface area contributed by atoms with Crippen LogP contribution in [0.1, 0.15) is 72.5 Å². The highest BCUT2D eigenvalue weighted by atomic mass is 31.0. The van der Waals surface area contributed by atoms with Crippen LogP contribution in [0.5, 0.6) is 0 Å². The third-order valence-corrected chi connectivity index (χ3v) is 8.55. The maximum Gasteiger partial charge on any atom is 0.255 e. The molecule has 3 atom stereocenters. The van der Waals surface area contributed by atoms with Gasteiger partial charge in [-0.1, -0.05) is 27.4 Å². The average molecular weight is 503 g/mol. The Hall–Kier alpha value is -2.31. The summed E-state index contributed by atoms with van der Waals surface area (Å²) in [5.74, 6) is -1.90. The standard InChI is InChI=1S/C26H33F2N4O2P/c1-14(18-5-4-6-19(23(18)27)24(28)35)29-25(34)20-13-32(26-10-15(11-26)12-26)22(33)9-21(20)30-16-7-17(8-16)31(2)3/h4-6,9,13-17,24,30H,7-8,10-12,35H2,1-3H3,(H,29,34)/t14-,15?,16?,17?,24?,26?/m1/s1. The number of aromatic nitrogens is 1. The van der Waals surface area contributed by atoms with Crippen LogP contribution < -0.4 is 16.2 Å². The van der Waals surface area contributed by atoms with Crippen LogP contribution >= 0.6 is 9.24 Å². The number of pyridine rings is 1. The highest BCUT2D eigenvalue weighted by molar-refractivity contribution is 7.16. The molecular formula is C26H33F2N4O2P. The molecule has 4 fully saturated rings. The van der Waals surface area contributed by atoms with Crippen molar-refractivity contribution in [2.24, 2.45) is 5.92 Å². The van der Waals surface area contributed by atoms with E-state index in [9.17, 15) is 18.4 Å². The monoisotopic (exact) mass is 502 g/mol. The zero-order chi connectivity index (χ0) is 25.1. The summed E-state index contributed by atoms with van der Waals surface area (Å²) in [5.41, 5.74) is 0.771. The Kier molecular flexibility index (Phi) is 6.25. The largest absolute Gasteiger partial charge is 0.381 e. The van der Waals surface area contributed by atoms with Crippen molar-refractivity contribution in [2.45, 2.75) is 68.6 Å². The lowest BCUT2D eigenvalue weighted by molar-refractivity contribution is -0.0914. The van der Waals surface area contributed by atoms with Crippen LogP contribution in [0.25, 0.3) is 0 Å². The molecule has 0 spiro atoms. The quantitative estimate of drug-likeness (QED) is 0.528. The number of anilines is 1. The lowest BCUT2D eigenvalue weighted by Gasteiger charge is -2.62. The Bertz CT molecular complexity index is 1190. The van der Waals surface area contributed by atoms with Gasteiger partial charge in [-0.2, -0.15) is 0 Å². The van der Waals surface area contributed by atoms with E-state index in [-0.39, 0.29) is 28.3 Å². The van der Waals surface area contributed by atoms with Crippen molar-refractivity contribution in [2.75, 3.05) is 19.4 Å². The summed E-state index contributed by atoms with van der Waals surface area (Å²) in [6, 6.07) is 6.02. The lowest BCUT2D eigenvalue weighted by atomic mass is 9.49. The third kappa shape index (κ3) is 4.29. The van der Waals surface area contributed by atoms with Gasteiger partial charge in [-0.25, -0.2) is 8.78 Å². The van der Waals surface area contributed by atoms with Gasteiger partial charge in [0.1, 0.15) is 11.7 Å². The molecular weight excluding hydrogens is 469 g/mol. The predicted octanol–water partition coefficient (Wildman–Crippen LogP) is 4.34. The molecule has 4 aliphatic carbocycles. The second-order valence-electron chi connectivity index (χ2n) is 10.8. The number of nitrogens with one attached hydrogen (secondary N) is 2. The summed E-state index contributed by atoms with van der Waals surface area (Å²) in [6.45, 7) is 1.67. The number of benzene rings is 1. The summed E-state index contributed by atoms with van der Waals surface area (Å²) in [6.07, 6.45) is 6.45. The molecule has 2 bridgehead atoms. The summed E-state index contributed by atoms with van der Waals surface area (Å²) < 4.78 is 30.4. The minimum Gasteiger partial charge on any atom is -0.381 e. The van der Waals surface area contributed by atoms with Crippen LogP contribution in [0.3, 0.4) is 0 Å². The van der Waals surface area contributed by atoms with Gasteiger partial charge in [0.25, 0.3) is 11.5 Å². The van der Waals surface area contributed by atoms with Crippen LogP contribution in [0.15, 0.2) is 35.3 Å². The van der Waals surface area contributed by atoms with Crippen molar-refractivity contribution in [1.29, 1.82) is 0 Å². The first-order valence-electron chi connectivity index (χ1n) is 12.3. The molecule has 0 saturated heterocycles. The topological polar surface area (TPSA) is 66.4 Å². The van der Waals surface area contributed by atoms with Crippen LogP contribution in [0.4, 0.5) is 14.5 Å². The van der Waals surface area contributed by atoms with Gasteiger partial charge in [0, 0.05) is 41.0 Å². The molecule has 1 aromatic heterocycles. The van der Waals surface area contributed by atoms with Crippen molar-refractivity contribution in [1.82, 2.24) is 14.8 Å². The minimum atomic E-state index is -1.53. The van der Waals surface area contributed by atoms with E-state index in [4.69, 9.17) is 0 Å². The summed E-state index contributed by atoms with van der Waals surface area (Å²) in [4.78, 5) is 28.7. The van der Waals surface area contributed by atoms with E-state index in [1.807, 2.05) is 23.3 Å². The molecule has 2 aromatic rings. The first kappa shape index (κ1) is 24.4. The number of rotatable bonds is 8. The molecule has 9 heteroatoms. The fraction of sp³-hybridized carbons (Fsp3) is 0.538. The van der Waals surface area contributed by atoms with Gasteiger partial charge in [0.15, 0.2) is 0 Å². The van der Waals surface area contributed by atoms with Crippen LogP contribution in [-0.2, 0) is 5.54 Å². The summed E-state index contributed by atoms with van der Waals surface area (Å²) >= 11 is 0. The number of hydrogen-bond donors (Lipinski definition) is 2. The molecule has 1 aromatic carbocycles. The number of alkyl halides is 1. The number of hydrogen-bond acceptors (Lipinski definition) is 4. The molecule has 2 unspecified atom stereocenters. The Balaban J connectivity index is 1.42. The maximum atomic E-state index is 14.9. The number of nitrogens with zero attached hydrogens (tertiary/aromatic N) is 2. The fourth-order valence-electron chi connectivity index (χ4n) is 5.75. The minimum absolute atomic E-state index is 0.0615. The second-order valence-corrected chi connectivity index (χ2v) is 11.4. The van der Waals surface area contributed by atoms with E-state index < -0.39 is 23.7 Å². The van der Waals surface area contributed by atoms with Gasteiger partial charge in [-0.3, -0.25) is 9.59 Å². The van der Waals surface area contributed by atoms with E-state index in [2.05, 4.69) is 15.5 Å². The van der Waals surface area contributed by atoms with Crippen molar-refractivity contribution < 1.29 is 13.6 Å². The molecule has 4 aliphatic rings. The van der Waals surface area contributed by atoms with E-state index >= 15 is 0 Å². The van der Waals surface area contributed by atoms with E-state index in [1.54, 1.807) is 29.8 Å². The summed E-state index contributed by atoms with van der Waals surface area (Å²) in [5, 5.41) is 6.27. The van der Waals surface area contributed by atoms with Crippen LogP contribution in [0, 0.1) is 11.7 Å². The van der Waals surface area contributed by atoms with Crippen LogP contribution in [-0.4, -0.2) is 41.6 Å². The predicted molar refractivity (Wildman–Crippen MR) is 136 cm³/mol. The van der Waals surface area contributed by atoms with E-state index in [0.717, 1.165) is 32.1 Å².